The Kier molecular flexibility index (Phi) is 5.30. The normalized spacial score (nSPS) is 14.6. The van der Waals surface area contributed by atoms with Crippen molar-refractivity contribution in [2.24, 2.45) is 5.92 Å². The van der Waals surface area contributed by atoms with E-state index in [9.17, 15) is 9.18 Å². The summed E-state index contributed by atoms with van der Waals surface area (Å²) in [6.07, 6.45) is 0.879. The van der Waals surface area contributed by atoms with Crippen molar-refractivity contribution >= 4 is 27.4 Å². The van der Waals surface area contributed by atoms with Gasteiger partial charge in [0, 0.05) is 34.8 Å². The molecule has 0 saturated carbocycles. The number of aliphatic carboxylic acids is 1. The summed E-state index contributed by atoms with van der Waals surface area (Å²) in [5, 5.41) is 10.1. The summed E-state index contributed by atoms with van der Waals surface area (Å²) in [6.45, 7) is 1.64. The van der Waals surface area contributed by atoms with Gasteiger partial charge >= 0.3 is 5.97 Å². The molecule has 3 aromatic carbocycles. The van der Waals surface area contributed by atoms with E-state index >= 15 is 0 Å². The Hall–Kier alpha value is -3.02. The number of carboxylic acid groups (broad SMARTS) is 1. The molecule has 2 heterocycles. The molecule has 0 atom stereocenters. The first-order valence-corrected chi connectivity index (χ1v) is 11.2. The first-order chi connectivity index (χ1) is 15.0. The minimum Gasteiger partial charge on any atom is -0.481 e. The second kappa shape index (κ2) is 8.25. The Labute approximate surface area is 184 Å². The molecule has 3 nitrogen and oxygen atoms in total. The summed E-state index contributed by atoms with van der Waals surface area (Å²) in [5.41, 5.74) is 4.00. The molecule has 1 aliphatic heterocycles. The fourth-order valence-corrected chi connectivity index (χ4v) is 5.21. The zero-order chi connectivity index (χ0) is 21.4. The maximum Gasteiger partial charge on any atom is 0.309 e. The minimum absolute atomic E-state index is 0.233. The van der Waals surface area contributed by atoms with Crippen molar-refractivity contribution in [1.82, 2.24) is 4.90 Å². The van der Waals surface area contributed by atoms with Crippen LogP contribution in [0.15, 0.2) is 72.8 Å². The Balaban J connectivity index is 1.33. The third-order valence-electron chi connectivity index (χ3n) is 5.84. The number of hydrogen-bond donors (Lipinski definition) is 1. The summed E-state index contributed by atoms with van der Waals surface area (Å²) < 4.78 is 16.1. The smallest absolute Gasteiger partial charge is 0.309 e. The molecule has 0 unspecified atom stereocenters. The lowest BCUT2D eigenvalue weighted by molar-refractivity contribution is -0.147. The minimum atomic E-state index is -0.755. The number of hydrogen-bond acceptors (Lipinski definition) is 3. The number of nitrogens with zero attached hydrogens (tertiary/aromatic N) is 1. The Morgan fingerprint density at radius 2 is 1.74 bits per heavy atom. The van der Waals surface area contributed by atoms with Gasteiger partial charge in [-0.25, -0.2) is 4.39 Å². The quantitative estimate of drug-likeness (QED) is 0.419. The van der Waals surface area contributed by atoms with Crippen molar-refractivity contribution in [3.63, 3.8) is 0 Å². The third kappa shape index (κ3) is 4.24. The molecule has 1 aliphatic rings. The molecule has 0 radical (unpaired) electrons. The number of carboxylic acids is 1. The predicted octanol–water partition coefficient (Wildman–Crippen LogP) is 5.81. The van der Waals surface area contributed by atoms with Gasteiger partial charge in [-0.2, -0.15) is 0 Å². The van der Waals surface area contributed by atoms with E-state index in [1.165, 1.54) is 11.1 Å². The molecule has 5 heteroatoms. The summed E-state index contributed by atoms with van der Waals surface area (Å²) >= 11 is 1.60. The molecule has 156 valence electrons. The third-order valence-corrected chi connectivity index (χ3v) is 6.99. The van der Waals surface area contributed by atoms with E-state index in [1.54, 1.807) is 17.4 Å². The second-order valence-electron chi connectivity index (χ2n) is 8.19. The van der Waals surface area contributed by atoms with Crippen molar-refractivity contribution < 1.29 is 14.3 Å². The fourth-order valence-electron chi connectivity index (χ4n) is 4.14. The van der Waals surface area contributed by atoms with Crippen LogP contribution in [0, 0.1) is 11.7 Å². The van der Waals surface area contributed by atoms with Crippen LogP contribution in [-0.4, -0.2) is 29.1 Å². The first kappa shape index (κ1) is 19.9. The standard InChI is InChI=1S/C26H22FNO2S/c27-23-12-19(14-28-15-21(16-28)26(29)30)6-8-22(23)25-13-20-11-18(7-9-24(20)31-25)10-17-4-2-1-3-5-17/h1-9,11-13,21H,10,14-16H2,(H,29,30). The summed E-state index contributed by atoms with van der Waals surface area (Å²) in [7, 11) is 0. The van der Waals surface area contributed by atoms with Gasteiger partial charge in [0.15, 0.2) is 0 Å². The monoisotopic (exact) mass is 431 g/mol. The molecule has 1 saturated heterocycles. The highest BCUT2D eigenvalue weighted by Crippen LogP contribution is 2.36. The van der Waals surface area contributed by atoms with Gasteiger partial charge in [0.25, 0.3) is 0 Å². The molecule has 31 heavy (non-hydrogen) atoms. The van der Waals surface area contributed by atoms with Gasteiger partial charge in [-0.1, -0.05) is 48.5 Å². The van der Waals surface area contributed by atoms with Crippen LogP contribution < -0.4 is 0 Å². The van der Waals surface area contributed by atoms with E-state index in [4.69, 9.17) is 5.11 Å². The zero-order valence-electron chi connectivity index (χ0n) is 16.9. The molecule has 4 aromatic rings. The van der Waals surface area contributed by atoms with Crippen molar-refractivity contribution in [2.45, 2.75) is 13.0 Å². The van der Waals surface area contributed by atoms with E-state index in [-0.39, 0.29) is 11.7 Å². The Morgan fingerprint density at radius 1 is 0.968 bits per heavy atom. The zero-order valence-corrected chi connectivity index (χ0v) is 17.7. The van der Waals surface area contributed by atoms with E-state index in [0.717, 1.165) is 26.9 Å². The van der Waals surface area contributed by atoms with Crippen LogP contribution in [-0.2, 0) is 17.8 Å². The molecule has 0 spiro atoms. The van der Waals surface area contributed by atoms with Gasteiger partial charge in [-0.05, 0) is 52.8 Å². The molecule has 0 amide bonds. The van der Waals surface area contributed by atoms with Crippen molar-refractivity contribution in [3.05, 3.63) is 95.3 Å². The molecular formula is C26H22FNO2S. The number of carbonyl (C=O) groups is 1. The van der Waals surface area contributed by atoms with E-state index in [1.807, 2.05) is 23.1 Å². The van der Waals surface area contributed by atoms with Crippen LogP contribution in [0.4, 0.5) is 4.39 Å². The molecule has 1 fully saturated rings. The number of benzene rings is 3. The Bertz CT molecular complexity index is 1240. The van der Waals surface area contributed by atoms with Crippen LogP contribution in [0.3, 0.4) is 0 Å². The van der Waals surface area contributed by atoms with Gasteiger partial charge in [0.05, 0.1) is 5.92 Å². The maximum absolute atomic E-state index is 14.9. The average molecular weight is 432 g/mol. The van der Waals surface area contributed by atoms with Crippen molar-refractivity contribution in [3.8, 4) is 10.4 Å². The molecule has 0 bridgehead atoms. The summed E-state index contributed by atoms with van der Waals surface area (Å²) in [6, 6.07) is 24.3. The maximum atomic E-state index is 14.9. The van der Waals surface area contributed by atoms with E-state index in [2.05, 4.69) is 48.5 Å². The van der Waals surface area contributed by atoms with Crippen LogP contribution in [0.1, 0.15) is 16.7 Å². The fraction of sp³-hybridized carbons (Fsp3) is 0.192. The molecule has 1 N–H and O–H groups in total. The van der Waals surface area contributed by atoms with Gasteiger partial charge in [0.2, 0.25) is 0 Å². The SMILES string of the molecule is O=C(O)C1CN(Cc2ccc(-c3cc4cc(Cc5ccccc5)ccc4s3)c(F)c2)C1. The van der Waals surface area contributed by atoms with Gasteiger partial charge < -0.3 is 5.11 Å². The van der Waals surface area contributed by atoms with Crippen molar-refractivity contribution in [1.29, 1.82) is 0 Å². The molecule has 0 aliphatic carbocycles. The lowest BCUT2D eigenvalue weighted by Crippen LogP contribution is -2.49. The number of thiophene rings is 1. The molecular weight excluding hydrogens is 409 g/mol. The van der Waals surface area contributed by atoms with Crippen LogP contribution in [0.5, 0.6) is 0 Å². The van der Waals surface area contributed by atoms with Crippen LogP contribution in [0.25, 0.3) is 20.5 Å². The summed E-state index contributed by atoms with van der Waals surface area (Å²) in [5.74, 6) is -1.28. The number of fused-ring (bicyclic) bond motifs is 1. The summed E-state index contributed by atoms with van der Waals surface area (Å²) in [4.78, 5) is 13.9. The topological polar surface area (TPSA) is 40.5 Å². The first-order valence-electron chi connectivity index (χ1n) is 10.4. The van der Waals surface area contributed by atoms with Gasteiger partial charge in [-0.3, -0.25) is 9.69 Å². The van der Waals surface area contributed by atoms with Gasteiger partial charge in [0.1, 0.15) is 5.82 Å². The predicted molar refractivity (Wildman–Crippen MR) is 123 cm³/mol. The average Bonchev–Trinajstić information content (AvgIpc) is 3.14. The lowest BCUT2D eigenvalue weighted by atomic mass is 9.99. The Morgan fingerprint density at radius 3 is 2.48 bits per heavy atom. The van der Waals surface area contributed by atoms with Crippen molar-refractivity contribution in [2.75, 3.05) is 13.1 Å². The number of rotatable bonds is 6. The molecule has 5 rings (SSSR count). The number of halogens is 1. The van der Waals surface area contributed by atoms with Crippen LogP contribution in [0.2, 0.25) is 0 Å². The van der Waals surface area contributed by atoms with Crippen LogP contribution >= 0.6 is 11.3 Å². The van der Waals surface area contributed by atoms with Gasteiger partial charge in [-0.15, -0.1) is 11.3 Å². The number of likely N-dealkylation sites (tertiary alicyclic amines) is 1. The highest BCUT2D eigenvalue weighted by molar-refractivity contribution is 7.22. The second-order valence-corrected chi connectivity index (χ2v) is 9.27. The lowest BCUT2D eigenvalue weighted by Gasteiger charge is -2.36. The van der Waals surface area contributed by atoms with E-state index < -0.39 is 5.97 Å². The van der Waals surface area contributed by atoms with E-state index in [0.29, 0.717) is 25.2 Å². The highest BCUT2D eigenvalue weighted by Gasteiger charge is 2.32. The highest BCUT2D eigenvalue weighted by atomic mass is 32.1. The molecule has 1 aromatic heterocycles. The largest absolute Gasteiger partial charge is 0.481 e.